The van der Waals surface area contributed by atoms with Gasteiger partial charge in [0.1, 0.15) is 0 Å². The Balaban J connectivity index is 1.09. The smallest absolute Gasteiger partial charge is 0.0547 e. The molecule has 0 amide bonds. The molecule has 3 aromatic heterocycles. The van der Waals surface area contributed by atoms with Crippen molar-refractivity contribution < 1.29 is 0 Å². The monoisotopic (exact) mass is 716 g/mol. The number of benzene rings is 9. The third-order valence-corrected chi connectivity index (χ3v) is 12.6. The Bertz CT molecular complexity index is 3470. The van der Waals surface area contributed by atoms with E-state index in [1.54, 1.807) is 0 Å². The van der Waals surface area contributed by atoms with Crippen LogP contribution in [0.25, 0.3) is 108 Å². The maximum absolute atomic E-state index is 2.47. The predicted molar refractivity (Wildman–Crippen MR) is 236 cm³/mol. The fourth-order valence-corrected chi connectivity index (χ4v) is 9.97. The van der Waals surface area contributed by atoms with Crippen molar-refractivity contribution in [2.45, 2.75) is 0 Å². The average molecular weight is 717 g/mol. The van der Waals surface area contributed by atoms with Gasteiger partial charge in [-0.1, -0.05) is 109 Å². The molecule has 0 saturated carbocycles. The van der Waals surface area contributed by atoms with E-state index in [9.17, 15) is 0 Å². The molecule has 0 aliphatic heterocycles. The molecule has 0 aliphatic carbocycles. The first-order valence-corrected chi connectivity index (χ1v) is 19.6. The molecule has 0 spiro atoms. The minimum Gasteiger partial charge on any atom is -0.309 e. The number of nitrogens with zero attached hydrogens (tertiary/aromatic N) is 2. The fraction of sp³-hybridized carbons (Fsp3) is 0. The van der Waals surface area contributed by atoms with Gasteiger partial charge in [-0.15, -0.1) is 11.3 Å². The van der Waals surface area contributed by atoms with Crippen LogP contribution in [0.2, 0.25) is 0 Å². The Morgan fingerprint density at radius 2 is 0.782 bits per heavy atom. The van der Waals surface area contributed by atoms with Crippen LogP contribution in [0.1, 0.15) is 0 Å². The van der Waals surface area contributed by atoms with Gasteiger partial charge >= 0.3 is 0 Å². The van der Waals surface area contributed by atoms with Crippen molar-refractivity contribution >= 4 is 85.9 Å². The Morgan fingerprint density at radius 3 is 1.45 bits per heavy atom. The minimum atomic E-state index is 1.16. The molecule has 3 heteroatoms. The van der Waals surface area contributed by atoms with Crippen LogP contribution in [-0.2, 0) is 0 Å². The molecule has 0 saturated heterocycles. The summed E-state index contributed by atoms with van der Waals surface area (Å²) < 4.78 is 7.51. The van der Waals surface area contributed by atoms with Crippen LogP contribution in [0.3, 0.4) is 0 Å². The number of rotatable bonds is 4. The van der Waals surface area contributed by atoms with Crippen LogP contribution >= 0.6 is 11.3 Å². The van der Waals surface area contributed by atoms with Gasteiger partial charge in [0.25, 0.3) is 0 Å². The lowest BCUT2D eigenvalue weighted by atomic mass is 9.99. The number of aromatic nitrogens is 2. The van der Waals surface area contributed by atoms with Gasteiger partial charge < -0.3 is 9.13 Å². The summed E-state index contributed by atoms with van der Waals surface area (Å²) in [5.74, 6) is 0. The molecular formula is C52H32N2S. The van der Waals surface area contributed by atoms with Crippen LogP contribution in [0.5, 0.6) is 0 Å². The molecule has 0 atom stereocenters. The third-order valence-electron chi connectivity index (χ3n) is 11.5. The number of fused-ring (bicyclic) bond motifs is 10. The summed E-state index contributed by atoms with van der Waals surface area (Å²) in [4.78, 5) is 0. The van der Waals surface area contributed by atoms with Gasteiger partial charge in [-0.3, -0.25) is 0 Å². The molecular weight excluding hydrogens is 685 g/mol. The van der Waals surface area contributed by atoms with Gasteiger partial charge in [0.2, 0.25) is 0 Å². The highest BCUT2D eigenvalue weighted by Crippen LogP contribution is 2.42. The van der Waals surface area contributed by atoms with Gasteiger partial charge in [-0.25, -0.2) is 0 Å². The Kier molecular flexibility index (Phi) is 6.54. The first-order chi connectivity index (χ1) is 27.2. The van der Waals surface area contributed by atoms with Crippen molar-refractivity contribution in [2.24, 2.45) is 0 Å². The largest absolute Gasteiger partial charge is 0.309 e. The predicted octanol–water partition coefficient (Wildman–Crippen LogP) is 14.7. The second-order valence-electron chi connectivity index (χ2n) is 14.6. The van der Waals surface area contributed by atoms with E-state index in [1.807, 2.05) is 11.3 Å². The van der Waals surface area contributed by atoms with Crippen LogP contribution < -0.4 is 0 Å². The van der Waals surface area contributed by atoms with Crippen LogP contribution in [0.4, 0.5) is 0 Å². The lowest BCUT2D eigenvalue weighted by Crippen LogP contribution is -1.94. The van der Waals surface area contributed by atoms with E-state index in [0.29, 0.717) is 0 Å². The first-order valence-electron chi connectivity index (χ1n) is 18.8. The summed E-state index contributed by atoms with van der Waals surface area (Å²) in [7, 11) is 0. The van der Waals surface area contributed by atoms with Gasteiger partial charge in [-0.05, 0) is 118 Å². The quantitative estimate of drug-likeness (QED) is 0.172. The zero-order chi connectivity index (χ0) is 36.0. The molecule has 0 aliphatic rings. The summed E-state index contributed by atoms with van der Waals surface area (Å²) in [6.07, 6.45) is 0. The summed E-state index contributed by atoms with van der Waals surface area (Å²) in [5.41, 5.74) is 12.1. The molecule has 0 N–H and O–H groups in total. The van der Waals surface area contributed by atoms with Crippen molar-refractivity contribution in [3.05, 3.63) is 194 Å². The summed E-state index contributed by atoms with van der Waals surface area (Å²) in [6.45, 7) is 0. The van der Waals surface area contributed by atoms with Gasteiger partial charge in [0.05, 0.1) is 22.1 Å². The average Bonchev–Trinajstić information content (AvgIpc) is 3.89. The van der Waals surface area contributed by atoms with E-state index >= 15 is 0 Å². The molecule has 0 bridgehead atoms. The highest BCUT2D eigenvalue weighted by Gasteiger charge is 2.18. The Morgan fingerprint density at radius 1 is 0.273 bits per heavy atom. The topological polar surface area (TPSA) is 9.86 Å². The lowest BCUT2D eigenvalue weighted by Gasteiger charge is -2.10. The van der Waals surface area contributed by atoms with Gasteiger partial charge in [-0.2, -0.15) is 0 Å². The van der Waals surface area contributed by atoms with Crippen LogP contribution in [-0.4, -0.2) is 9.13 Å². The summed E-state index contributed by atoms with van der Waals surface area (Å²) in [5, 5.41) is 10.1. The summed E-state index contributed by atoms with van der Waals surface area (Å²) in [6, 6.07) is 71.6. The SMILES string of the molecule is c1ccc(-c2ccc3c(c2)c2cc(-c4ccc5c(c4)c4cc6ccccc6cc4n5-c4ccc5sc6ccccc6c5c4)ccc2n3-c2ccccc2)cc1. The molecule has 55 heavy (non-hydrogen) atoms. The van der Waals surface area contributed by atoms with Crippen LogP contribution in [0.15, 0.2) is 194 Å². The van der Waals surface area contributed by atoms with Crippen LogP contribution in [0, 0.1) is 0 Å². The summed E-state index contributed by atoms with van der Waals surface area (Å²) >= 11 is 1.87. The number of thiophene rings is 1. The normalized spacial score (nSPS) is 12.0. The van der Waals surface area contributed by atoms with Gasteiger partial charge in [0, 0.05) is 53.1 Å². The molecule has 12 aromatic rings. The van der Waals surface area contributed by atoms with Crippen molar-refractivity contribution in [2.75, 3.05) is 0 Å². The zero-order valence-corrected chi connectivity index (χ0v) is 30.6. The molecule has 12 rings (SSSR count). The number of hydrogen-bond acceptors (Lipinski definition) is 1. The zero-order valence-electron chi connectivity index (χ0n) is 29.8. The van der Waals surface area contributed by atoms with E-state index in [0.717, 1.165) is 5.69 Å². The van der Waals surface area contributed by atoms with E-state index in [-0.39, 0.29) is 0 Å². The van der Waals surface area contributed by atoms with E-state index in [1.165, 1.54) is 102 Å². The first kappa shape index (κ1) is 30.5. The maximum atomic E-state index is 2.47. The van der Waals surface area contributed by atoms with E-state index in [2.05, 4.69) is 203 Å². The second-order valence-corrected chi connectivity index (χ2v) is 15.6. The standard InChI is InChI=1S/C52H32N2S/c1-3-11-33(12-4-1)36-19-23-47-42(28-36)43-29-37(20-24-48(43)53(47)39-15-5-2-6-16-39)38-21-25-49-44(30-38)45-27-34-13-7-8-14-35(34)31-50(45)54(49)40-22-26-52-46(32-40)41-17-9-10-18-51(41)55-52/h1-32H. The lowest BCUT2D eigenvalue weighted by molar-refractivity contribution is 1.18. The van der Waals surface area contributed by atoms with E-state index < -0.39 is 0 Å². The molecule has 9 aromatic carbocycles. The van der Waals surface area contributed by atoms with Crippen molar-refractivity contribution in [3.63, 3.8) is 0 Å². The Labute approximate surface area is 321 Å². The highest BCUT2D eigenvalue weighted by atomic mass is 32.1. The Hall–Kier alpha value is -6.94. The molecule has 2 nitrogen and oxygen atoms in total. The van der Waals surface area contributed by atoms with Crippen molar-refractivity contribution in [1.29, 1.82) is 0 Å². The maximum Gasteiger partial charge on any atom is 0.0547 e. The van der Waals surface area contributed by atoms with Gasteiger partial charge in [0.15, 0.2) is 0 Å². The van der Waals surface area contributed by atoms with E-state index in [4.69, 9.17) is 0 Å². The van der Waals surface area contributed by atoms with Crippen molar-refractivity contribution in [1.82, 2.24) is 9.13 Å². The fourth-order valence-electron chi connectivity index (χ4n) is 8.88. The molecule has 0 unspecified atom stereocenters. The second kappa shape index (κ2) is 11.8. The minimum absolute atomic E-state index is 1.16. The third kappa shape index (κ3) is 4.67. The molecule has 0 fully saturated rings. The highest BCUT2D eigenvalue weighted by molar-refractivity contribution is 7.25. The molecule has 256 valence electrons. The van der Waals surface area contributed by atoms with Crippen molar-refractivity contribution in [3.8, 4) is 33.6 Å². The molecule has 3 heterocycles. The number of para-hydroxylation sites is 1. The molecule has 0 radical (unpaired) electrons. The number of hydrogen-bond donors (Lipinski definition) is 0.